The topological polar surface area (TPSA) is 56.1 Å². The van der Waals surface area contributed by atoms with Crippen molar-refractivity contribution in [1.29, 1.82) is 0 Å². The van der Waals surface area contributed by atoms with E-state index in [2.05, 4.69) is 28.9 Å². The summed E-state index contributed by atoms with van der Waals surface area (Å²) in [5, 5.41) is 3.04. The van der Waals surface area contributed by atoms with Crippen LogP contribution >= 0.6 is 0 Å². The second-order valence-corrected chi connectivity index (χ2v) is 7.90. The van der Waals surface area contributed by atoms with Gasteiger partial charge in [-0.3, -0.25) is 4.79 Å². The molecule has 0 aliphatic rings. The molecule has 164 valence electrons. The van der Waals surface area contributed by atoms with Crippen molar-refractivity contribution in [2.75, 3.05) is 6.61 Å². The molecule has 1 N–H and O–H groups in total. The minimum absolute atomic E-state index is 0.0374. The van der Waals surface area contributed by atoms with E-state index >= 15 is 0 Å². The van der Waals surface area contributed by atoms with Crippen molar-refractivity contribution in [1.82, 2.24) is 14.9 Å². The molecule has 0 unspecified atom stereocenters. The average molecular weight is 428 g/mol. The number of aromatic nitrogens is 2. The largest absolute Gasteiger partial charge is 0.493 e. The number of para-hydroxylation sites is 3. The van der Waals surface area contributed by atoms with Gasteiger partial charge in [-0.1, -0.05) is 60.7 Å². The molecular weight excluding hydrogens is 398 g/mol. The van der Waals surface area contributed by atoms with Gasteiger partial charge in [0.15, 0.2) is 0 Å². The van der Waals surface area contributed by atoms with Gasteiger partial charge in [0, 0.05) is 13.0 Å². The first kappa shape index (κ1) is 21.6. The van der Waals surface area contributed by atoms with Crippen LogP contribution in [0.25, 0.3) is 11.0 Å². The second-order valence-electron chi connectivity index (χ2n) is 7.90. The SMILES string of the molecule is Cc1ccccc1OCCCn1c(CNC(=O)CCc2ccccc2)nc2ccccc21. The number of aryl methyl sites for hydroxylation is 3. The van der Waals surface area contributed by atoms with E-state index in [0.717, 1.165) is 47.6 Å². The van der Waals surface area contributed by atoms with Gasteiger partial charge in [-0.25, -0.2) is 4.98 Å². The highest BCUT2D eigenvalue weighted by molar-refractivity contribution is 5.77. The summed E-state index contributed by atoms with van der Waals surface area (Å²) in [6.07, 6.45) is 2.05. The van der Waals surface area contributed by atoms with Gasteiger partial charge >= 0.3 is 0 Å². The Bertz CT molecular complexity index is 1170. The molecule has 0 aliphatic carbocycles. The number of rotatable bonds is 10. The van der Waals surface area contributed by atoms with Gasteiger partial charge in [-0.15, -0.1) is 0 Å². The summed E-state index contributed by atoms with van der Waals surface area (Å²) in [7, 11) is 0. The minimum Gasteiger partial charge on any atom is -0.493 e. The first-order chi connectivity index (χ1) is 15.7. The predicted molar refractivity (Wildman–Crippen MR) is 128 cm³/mol. The molecule has 5 heteroatoms. The Kier molecular flexibility index (Phi) is 7.18. The molecule has 0 saturated carbocycles. The minimum atomic E-state index is 0.0374. The molecule has 0 radical (unpaired) electrons. The Hall–Kier alpha value is -3.60. The number of benzene rings is 3. The Morgan fingerprint density at radius 3 is 2.56 bits per heavy atom. The fourth-order valence-electron chi connectivity index (χ4n) is 3.80. The normalized spacial score (nSPS) is 10.9. The second kappa shape index (κ2) is 10.6. The standard InChI is InChI=1S/C27H29N3O2/c1-21-10-5-8-15-25(21)32-19-9-18-30-24-14-7-6-13-23(24)29-26(30)20-28-27(31)17-16-22-11-3-2-4-12-22/h2-8,10-15H,9,16-20H2,1H3,(H,28,31). The number of carbonyl (C=O) groups excluding carboxylic acids is 1. The lowest BCUT2D eigenvalue weighted by Gasteiger charge is -2.12. The summed E-state index contributed by atoms with van der Waals surface area (Å²) in [5.74, 6) is 1.83. The number of amides is 1. The summed E-state index contributed by atoms with van der Waals surface area (Å²) in [6.45, 7) is 3.88. The molecule has 32 heavy (non-hydrogen) atoms. The smallest absolute Gasteiger partial charge is 0.220 e. The zero-order chi connectivity index (χ0) is 22.2. The highest BCUT2D eigenvalue weighted by atomic mass is 16.5. The number of fused-ring (bicyclic) bond motifs is 1. The monoisotopic (exact) mass is 427 g/mol. The van der Waals surface area contributed by atoms with Crippen LogP contribution in [-0.2, 0) is 24.3 Å². The third kappa shape index (κ3) is 5.55. The molecule has 4 aromatic rings. The molecular formula is C27H29N3O2. The van der Waals surface area contributed by atoms with Gasteiger partial charge in [-0.05, 0) is 49.1 Å². The summed E-state index contributed by atoms with van der Waals surface area (Å²) >= 11 is 0. The molecule has 0 fully saturated rings. The van der Waals surface area contributed by atoms with Gasteiger partial charge in [0.1, 0.15) is 11.6 Å². The summed E-state index contributed by atoms with van der Waals surface area (Å²) in [6, 6.07) is 26.2. The van der Waals surface area contributed by atoms with Crippen LogP contribution in [0.1, 0.15) is 29.8 Å². The molecule has 1 heterocycles. The molecule has 1 amide bonds. The van der Waals surface area contributed by atoms with Crippen LogP contribution in [-0.4, -0.2) is 22.1 Å². The lowest BCUT2D eigenvalue weighted by molar-refractivity contribution is -0.121. The molecule has 0 saturated heterocycles. The number of hydrogen-bond donors (Lipinski definition) is 1. The third-order valence-electron chi connectivity index (χ3n) is 5.54. The molecule has 0 bridgehead atoms. The van der Waals surface area contributed by atoms with Crippen LogP contribution in [0.2, 0.25) is 0 Å². The van der Waals surface area contributed by atoms with Gasteiger partial charge < -0.3 is 14.6 Å². The van der Waals surface area contributed by atoms with E-state index in [1.807, 2.05) is 66.7 Å². The summed E-state index contributed by atoms with van der Waals surface area (Å²) in [4.78, 5) is 17.2. The first-order valence-electron chi connectivity index (χ1n) is 11.1. The fourth-order valence-corrected chi connectivity index (χ4v) is 3.80. The van der Waals surface area contributed by atoms with Crippen LogP contribution in [0.4, 0.5) is 0 Å². The van der Waals surface area contributed by atoms with E-state index in [0.29, 0.717) is 19.6 Å². The lowest BCUT2D eigenvalue weighted by Crippen LogP contribution is -2.25. The van der Waals surface area contributed by atoms with E-state index in [-0.39, 0.29) is 5.91 Å². The Labute approximate surface area is 189 Å². The number of hydrogen-bond acceptors (Lipinski definition) is 3. The maximum absolute atomic E-state index is 12.4. The first-order valence-corrected chi connectivity index (χ1v) is 11.1. The molecule has 0 spiro atoms. The molecule has 4 rings (SSSR count). The molecule has 5 nitrogen and oxygen atoms in total. The van der Waals surface area contributed by atoms with Crippen LogP contribution in [0.5, 0.6) is 5.75 Å². The van der Waals surface area contributed by atoms with Crippen LogP contribution < -0.4 is 10.1 Å². The Balaban J connectivity index is 1.35. The predicted octanol–water partition coefficient (Wildman–Crippen LogP) is 5.06. The van der Waals surface area contributed by atoms with Gasteiger partial charge in [0.2, 0.25) is 5.91 Å². The zero-order valence-corrected chi connectivity index (χ0v) is 18.5. The molecule has 1 aromatic heterocycles. The average Bonchev–Trinajstić information content (AvgIpc) is 3.18. The van der Waals surface area contributed by atoms with Crippen LogP contribution in [0.3, 0.4) is 0 Å². The summed E-state index contributed by atoms with van der Waals surface area (Å²) < 4.78 is 8.14. The third-order valence-corrected chi connectivity index (χ3v) is 5.54. The lowest BCUT2D eigenvalue weighted by atomic mass is 10.1. The van der Waals surface area contributed by atoms with Crippen molar-refractivity contribution in [3.63, 3.8) is 0 Å². The fraction of sp³-hybridized carbons (Fsp3) is 0.259. The van der Waals surface area contributed by atoms with E-state index in [9.17, 15) is 4.79 Å². The zero-order valence-electron chi connectivity index (χ0n) is 18.5. The van der Waals surface area contributed by atoms with Gasteiger partial charge in [0.05, 0.1) is 24.2 Å². The molecule has 3 aromatic carbocycles. The van der Waals surface area contributed by atoms with Crippen molar-refractivity contribution >= 4 is 16.9 Å². The number of carbonyl (C=O) groups is 1. The highest BCUT2D eigenvalue weighted by Crippen LogP contribution is 2.19. The Morgan fingerprint density at radius 2 is 1.72 bits per heavy atom. The Morgan fingerprint density at radius 1 is 0.969 bits per heavy atom. The summed E-state index contributed by atoms with van der Waals surface area (Å²) in [5.41, 5.74) is 4.33. The quantitative estimate of drug-likeness (QED) is 0.360. The number of imidazole rings is 1. The van der Waals surface area contributed by atoms with Gasteiger partial charge in [-0.2, -0.15) is 0 Å². The van der Waals surface area contributed by atoms with E-state index in [1.165, 1.54) is 5.56 Å². The van der Waals surface area contributed by atoms with Crippen molar-refractivity contribution in [2.24, 2.45) is 0 Å². The highest BCUT2D eigenvalue weighted by Gasteiger charge is 2.12. The maximum Gasteiger partial charge on any atom is 0.220 e. The molecule has 0 atom stereocenters. The van der Waals surface area contributed by atoms with Crippen molar-refractivity contribution in [3.8, 4) is 5.75 Å². The van der Waals surface area contributed by atoms with Crippen molar-refractivity contribution in [2.45, 2.75) is 39.3 Å². The maximum atomic E-state index is 12.4. The van der Waals surface area contributed by atoms with Crippen molar-refractivity contribution in [3.05, 3.63) is 95.8 Å². The molecule has 0 aliphatic heterocycles. The van der Waals surface area contributed by atoms with Gasteiger partial charge in [0.25, 0.3) is 0 Å². The van der Waals surface area contributed by atoms with Crippen LogP contribution in [0.15, 0.2) is 78.9 Å². The number of nitrogens with zero attached hydrogens (tertiary/aromatic N) is 2. The number of ether oxygens (including phenoxy) is 1. The van der Waals surface area contributed by atoms with E-state index < -0.39 is 0 Å². The van der Waals surface area contributed by atoms with E-state index in [4.69, 9.17) is 9.72 Å². The number of nitrogens with one attached hydrogen (secondary N) is 1. The van der Waals surface area contributed by atoms with Crippen LogP contribution in [0, 0.1) is 6.92 Å². The van der Waals surface area contributed by atoms with Crippen molar-refractivity contribution < 1.29 is 9.53 Å². The van der Waals surface area contributed by atoms with E-state index in [1.54, 1.807) is 0 Å².